The first-order chi connectivity index (χ1) is 8.50. The van der Waals surface area contributed by atoms with Gasteiger partial charge in [0, 0.05) is 24.1 Å². The van der Waals surface area contributed by atoms with Crippen molar-refractivity contribution >= 4 is 11.6 Å². The smallest absolute Gasteiger partial charge is 0.221 e. The zero-order valence-electron chi connectivity index (χ0n) is 11.1. The van der Waals surface area contributed by atoms with Gasteiger partial charge < -0.3 is 15.7 Å². The summed E-state index contributed by atoms with van der Waals surface area (Å²) >= 11 is 0. The highest BCUT2D eigenvalue weighted by atomic mass is 16.3. The molecule has 1 aliphatic heterocycles. The lowest BCUT2D eigenvalue weighted by atomic mass is 9.96. The number of phenolic OH excluding ortho intramolecular Hbond substituents is 1. The van der Waals surface area contributed by atoms with E-state index in [9.17, 15) is 9.90 Å². The van der Waals surface area contributed by atoms with Gasteiger partial charge in [-0.05, 0) is 44.9 Å². The maximum Gasteiger partial charge on any atom is 0.221 e. The van der Waals surface area contributed by atoms with Crippen molar-refractivity contribution in [2.45, 2.75) is 39.7 Å². The van der Waals surface area contributed by atoms with E-state index in [-0.39, 0.29) is 11.9 Å². The maximum absolute atomic E-state index is 11.2. The van der Waals surface area contributed by atoms with Crippen LogP contribution in [0, 0.1) is 13.8 Å². The summed E-state index contributed by atoms with van der Waals surface area (Å²) in [6, 6.07) is 2.20. The standard InChI is InChI=1S/C14H20N2O2/c1-8-7-11(12-5-4-6-15-12)14(18)9(2)13(8)16-10(3)17/h7,12,15,18H,4-6H2,1-3H3,(H,16,17)/t12-/m1/s1. The van der Waals surface area contributed by atoms with Crippen LogP contribution in [0.5, 0.6) is 5.75 Å². The number of carbonyl (C=O) groups excluding carboxylic acids is 1. The Labute approximate surface area is 107 Å². The second kappa shape index (κ2) is 4.98. The summed E-state index contributed by atoms with van der Waals surface area (Å²) in [4.78, 5) is 11.2. The van der Waals surface area contributed by atoms with Crippen molar-refractivity contribution in [1.82, 2.24) is 5.32 Å². The number of hydrogen-bond acceptors (Lipinski definition) is 3. The van der Waals surface area contributed by atoms with Crippen LogP contribution in [0.25, 0.3) is 0 Å². The second-order valence-corrected chi connectivity index (χ2v) is 4.96. The predicted molar refractivity (Wildman–Crippen MR) is 71.9 cm³/mol. The van der Waals surface area contributed by atoms with E-state index >= 15 is 0 Å². The van der Waals surface area contributed by atoms with E-state index in [2.05, 4.69) is 10.6 Å². The Bertz CT molecular complexity index is 477. The van der Waals surface area contributed by atoms with Crippen molar-refractivity contribution in [3.8, 4) is 5.75 Å². The summed E-state index contributed by atoms with van der Waals surface area (Å²) < 4.78 is 0. The highest BCUT2D eigenvalue weighted by molar-refractivity contribution is 5.91. The van der Waals surface area contributed by atoms with Crippen LogP contribution in [0.4, 0.5) is 5.69 Å². The van der Waals surface area contributed by atoms with Gasteiger partial charge in [-0.25, -0.2) is 0 Å². The van der Waals surface area contributed by atoms with E-state index < -0.39 is 0 Å². The molecule has 1 atom stereocenters. The molecule has 1 fully saturated rings. The molecule has 1 aliphatic rings. The number of nitrogens with one attached hydrogen (secondary N) is 2. The van der Waals surface area contributed by atoms with Gasteiger partial charge in [0.1, 0.15) is 5.75 Å². The van der Waals surface area contributed by atoms with E-state index in [4.69, 9.17) is 0 Å². The minimum absolute atomic E-state index is 0.118. The number of benzene rings is 1. The second-order valence-electron chi connectivity index (χ2n) is 4.96. The number of anilines is 1. The molecule has 2 rings (SSSR count). The Morgan fingerprint density at radius 3 is 2.78 bits per heavy atom. The zero-order valence-corrected chi connectivity index (χ0v) is 11.1. The van der Waals surface area contributed by atoms with Gasteiger partial charge in [0.2, 0.25) is 5.91 Å². The lowest BCUT2D eigenvalue weighted by Gasteiger charge is -2.19. The summed E-state index contributed by atoms with van der Waals surface area (Å²) in [6.45, 7) is 6.26. The molecule has 0 spiro atoms. The Morgan fingerprint density at radius 1 is 1.50 bits per heavy atom. The van der Waals surface area contributed by atoms with Crippen LogP contribution in [0.1, 0.15) is 42.5 Å². The predicted octanol–water partition coefficient (Wildman–Crippen LogP) is 2.39. The summed E-state index contributed by atoms with van der Waals surface area (Å²) in [5, 5.41) is 16.4. The molecule has 1 amide bonds. The first-order valence-corrected chi connectivity index (χ1v) is 6.34. The molecule has 1 saturated heterocycles. The van der Waals surface area contributed by atoms with Crippen LogP contribution in [0.2, 0.25) is 0 Å². The van der Waals surface area contributed by atoms with Gasteiger partial charge in [-0.2, -0.15) is 0 Å². The topological polar surface area (TPSA) is 61.4 Å². The van der Waals surface area contributed by atoms with Gasteiger partial charge >= 0.3 is 0 Å². The van der Waals surface area contributed by atoms with E-state index in [1.54, 1.807) is 0 Å². The molecule has 0 unspecified atom stereocenters. The Morgan fingerprint density at radius 2 is 2.22 bits per heavy atom. The van der Waals surface area contributed by atoms with Crippen molar-refractivity contribution in [3.63, 3.8) is 0 Å². The number of aryl methyl sites for hydroxylation is 1. The molecule has 1 aromatic carbocycles. The molecule has 1 heterocycles. The van der Waals surface area contributed by atoms with Crippen LogP contribution in [-0.2, 0) is 4.79 Å². The fourth-order valence-corrected chi connectivity index (χ4v) is 2.59. The Balaban J connectivity index is 2.43. The zero-order chi connectivity index (χ0) is 13.3. The maximum atomic E-state index is 11.2. The van der Waals surface area contributed by atoms with Crippen LogP contribution in [0.3, 0.4) is 0 Å². The normalized spacial score (nSPS) is 18.9. The van der Waals surface area contributed by atoms with E-state index in [0.717, 1.165) is 41.8 Å². The molecule has 0 radical (unpaired) electrons. The van der Waals surface area contributed by atoms with Gasteiger partial charge in [0.15, 0.2) is 0 Å². The van der Waals surface area contributed by atoms with Crippen molar-refractivity contribution in [1.29, 1.82) is 0 Å². The highest BCUT2D eigenvalue weighted by Crippen LogP contribution is 2.38. The molecular weight excluding hydrogens is 228 g/mol. The van der Waals surface area contributed by atoms with Crippen molar-refractivity contribution in [2.24, 2.45) is 0 Å². The van der Waals surface area contributed by atoms with E-state index in [0.29, 0.717) is 5.75 Å². The Hall–Kier alpha value is -1.55. The molecule has 4 heteroatoms. The number of rotatable bonds is 2. The van der Waals surface area contributed by atoms with E-state index in [1.807, 2.05) is 19.9 Å². The average molecular weight is 248 g/mol. The third-order valence-electron chi connectivity index (χ3n) is 3.51. The minimum Gasteiger partial charge on any atom is -0.507 e. The lowest BCUT2D eigenvalue weighted by molar-refractivity contribution is -0.114. The fourth-order valence-electron chi connectivity index (χ4n) is 2.59. The minimum atomic E-state index is -0.118. The number of amides is 1. The SMILES string of the molecule is CC(=O)Nc1c(C)cc([C@H]2CCCN2)c(O)c1C. The first-order valence-electron chi connectivity index (χ1n) is 6.34. The van der Waals surface area contributed by atoms with Gasteiger partial charge in [-0.3, -0.25) is 4.79 Å². The summed E-state index contributed by atoms with van der Waals surface area (Å²) in [7, 11) is 0. The largest absolute Gasteiger partial charge is 0.507 e. The van der Waals surface area contributed by atoms with E-state index in [1.165, 1.54) is 6.92 Å². The molecule has 18 heavy (non-hydrogen) atoms. The fraction of sp³-hybridized carbons (Fsp3) is 0.500. The molecule has 0 aliphatic carbocycles. The third-order valence-corrected chi connectivity index (χ3v) is 3.51. The van der Waals surface area contributed by atoms with Crippen LogP contribution >= 0.6 is 0 Å². The van der Waals surface area contributed by atoms with Crippen LogP contribution < -0.4 is 10.6 Å². The molecule has 0 saturated carbocycles. The molecular formula is C14H20N2O2. The number of aromatic hydroxyl groups is 1. The number of carbonyl (C=O) groups is 1. The van der Waals surface area contributed by atoms with Gasteiger partial charge in [-0.15, -0.1) is 0 Å². The Kier molecular flexibility index (Phi) is 3.57. The summed E-state index contributed by atoms with van der Waals surface area (Å²) in [6.07, 6.45) is 2.18. The molecule has 0 bridgehead atoms. The molecule has 3 N–H and O–H groups in total. The van der Waals surface area contributed by atoms with Gasteiger partial charge in [0.25, 0.3) is 0 Å². The third kappa shape index (κ3) is 2.34. The van der Waals surface area contributed by atoms with Gasteiger partial charge in [0.05, 0.1) is 5.69 Å². The number of phenols is 1. The van der Waals surface area contributed by atoms with Crippen LogP contribution in [-0.4, -0.2) is 17.6 Å². The van der Waals surface area contributed by atoms with Gasteiger partial charge in [-0.1, -0.05) is 0 Å². The van der Waals surface area contributed by atoms with Crippen molar-refractivity contribution in [3.05, 3.63) is 22.8 Å². The number of hydrogen-bond donors (Lipinski definition) is 3. The quantitative estimate of drug-likeness (QED) is 0.753. The van der Waals surface area contributed by atoms with Crippen LogP contribution in [0.15, 0.2) is 6.07 Å². The monoisotopic (exact) mass is 248 g/mol. The summed E-state index contributed by atoms with van der Waals surface area (Å²) in [5.74, 6) is 0.177. The molecule has 1 aromatic rings. The lowest BCUT2D eigenvalue weighted by Crippen LogP contribution is -2.15. The molecule has 98 valence electrons. The average Bonchev–Trinajstić information content (AvgIpc) is 2.82. The summed E-state index contributed by atoms with van der Waals surface area (Å²) in [5.41, 5.74) is 3.40. The van der Waals surface area contributed by atoms with Crippen molar-refractivity contribution in [2.75, 3.05) is 11.9 Å². The molecule has 4 nitrogen and oxygen atoms in total. The highest BCUT2D eigenvalue weighted by Gasteiger charge is 2.22. The molecule has 0 aromatic heterocycles. The van der Waals surface area contributed by atoms with Crippen molar-refractivity contribution < 1.29 is 9.90 Å². The first kappa shape index (κ1) is 12.9.